The molecule has 1 unspecified atom stereocenters. The highest BCUT2D eigenvalue weighted by molar-refractivity contribution is 9.10. The van der Waals surface area contributed by atoms with Gasteiger partial charge in [0.25, 0.3) is 0 Å². The summed E-state index contributed by atoms with van der Waals surface area (Å²) >= 11 is 3.16. The summed E-state index contributed by atoms with van der Waals surface area (Å²) in [4.78, 5) is 15.3. The third-order valence-corrected chi connectivity index (χ3v) is 1.71. The number of esters is 1. The molecule has 1 N–H and O–H groups in total. The van der Waals surface area contributed by atoms with Crippen LogP contribution in [0.1, 0.15) is 13.8 Å². The monoisotopic (exact) mass is 239 g/mol. The van der Waals surface area contributed by atoms with E-state index in [0.717, 1.165) is 0 Å². The largest absolute Gasteiger partial charge is 0.462 e. The van der Waals surface area contributed by atoms with Crippen molar-refractivity contribution in [2.24, 2.45) is 0 Å². The Labute approximate surface area is 80.7 Å². The summed E-state index contributed by atoms with van der Waals surface area (Å²) in [5.74, 6) is -0.283. The summed E-state index contributed by atoms with van der Waals surface area (Å²) < 4.78 is 4.93. The number of rotatable bonds is 5. The third kappa shape index (κ3) is 5.51. The van der Waals surface area contributed by atoms with E-state index in [2.05, 4.69) is 26.2 Å². The highest BCUT2D eigenvalue weighted by Gasteiger charge is 2.16. The fourth-order valence-corrected chi connectivity index (χ4v) is 0.786. The van der Waals surface area contributed by atoms with Gasteiger partial charge in [0.1, 0.15) is 4.83 Å². The van der Waals surface area contributed by atoms with Crippen molar-refractivity contribution in [2.75, 3.05) is 13.7 Å². The molecule has 72 valence electrons. The second kappa shape index (κ2) is 6.39. The van der Waals surface area contributed by atoms with Gasteiger partial charge in [-0.15, -0.1) is 0 Å². The minimum Gasteiger partial charge on any atom is -0.462 e. The fraction of sp³-hybridized carbons (Fsp3) is 0.857. The van der Waals surface area contributed by atoms with Crippen molar-refractivity contribution in [3.8, 4) is 0 Å². The van der Waals surface area contributed by atoms with Gasteiger partial charge < -0.3 is 9.57 Å². The molecule has 0 aliphatic rings. The zero-order valence-electron chi connectivity index (χ0n) is 7.46. The Hall–Kier alpha value is -0.130. The summed E-state index contributed by atoms with van der Waals surface area (Å²) in [6.07, 6.45) is -0.0832. The van der Waals surface area contributed by atoms with E-state index in [-0.39, 0.29) is 16.9 Å². The van der Waals surface area contributed by atoms with Crippen LogP contribution in [0.3, 0.4) is 0 Å². The standard InChI is InChI=1S/C7H14BrNO3/c1-5(2)12-7(10)6(8)4-9-11-3/h5-6,9H,4H2,1-3H3. The lowest BCUT2D eigenvalue weighted by atomic mass is 10.4. The summed E-state index contributed by atoms with van der Waals surface area (Å²) in [5, 5.41) is 0. The molecule has 1 atom stereocenters. The Bertz CT molecular complexity index is 141. The first-order valence-corrected chi connectivity index (χ1v) is 4.60. The van der Waals surface area contributed by atoms with Gasteiger partial charge in [0.2, 0.25) is 0 Å². The Balaban J connectivity index is 3.61. The maximum Gasteiger partial charge on any atom is 0.321 e. The van der Waals surface area contributed by atoms with E-state index in [9.17, 15) is 4.79 Å². The van der Waals surface area contributed by atoms with E-state index in [1.165, 1.54) is 7.11 Å². The SMILES string of the molecule is CONCC(Br)C(=O)OC(C)C. The van der Waals surface area contributed by atoms with Gasteiger partial charge in [0.05, 0.1) is 13.2 Å². The van der Waals surface area contributed by atoms with Crippen molar-refractivity contribution < 1.29 is 14.4 Å². The van der Waals surface area contributed by atoms with Gasteiger partial charge in [-0.05, 0) is 13.8 Å². The molecule has 0 amide bonds. The number of carbonyl (C=O) groups excluding carboxylic acids is 1. The molecule has 0 saturated carbocycles. The van der Waals surface area contributed by atoms with E-state index in [1.54, 1.807) is 13.8 Å². The van der Waals surface area contributed by atoms with Crippen LogP contribution in [0.25, 0.3) is 0 Å². The zero-order chi connectivity index (χ0) is 9.56. The first-order valence-electron chi connectivity index (χ1n) is 3.68. The molecule has 0 aliphatic heterocycles. The number of hydroxylamine groups is 1. The van der Waals surface area contributed by atoms with Crippen LogP contribution in [-0.4, -0.2) is 30.6 Å². The van der Waals surface area contributed by atoms with Crippen LogP contribution in [0.4, 0.5) is 0 Å². The fourth-order valence-electron chi connectivity index (χ4n) is 0.546. The quantitative estimate of drug-likeness (QED) is 0.439. The molecule has 0 fully saturated rings. The van der Waals surface area contributed by atoms with Gasteiger partial charge in [0.15, 0.2) is 0 Å². The molecule has 0 bridgehead atoms. The molecule has 0 aromatic heterocycles. The Morgan fingerprint density at radius 2 is 2.17 bits per heavy atom. The first-order chi connectivity index (χ1) is 5.57. The van der Waals surface area contributed by atoms with E-state index in [1.807, 2.05) is 0 Å². The van der Waals surface area contributed by atoms with Gasteiger partial charge in [0, 0.05) is 6.54 Å². The molecule has 0 rings (SSSR count). The minimum atomic E-state index is -0.361. The second-order valence-electron chi connectivity index (χ2n) is 2.51. The molecule has 0 aromatic rings. The van der Waals surface area contributed by atoms with Crippen molar-refractivity contribution in [3.05, 3.63) is 0 Å². The van der Waals surface area contributed by atoms with Gasteiger partial charge in [-0.1, -0.05) is 15.9 Å². The topological polar surface area (TPSA) is 47.6 Å². The lowest BCUT2D eigenvalue weighted by molar-refractivity contribution is -0.146. The van der Waals surface area contributed by atoms with E-state index >= 15 is 0 Å². The van der Waals surface area contributed by atoms with Crippen LogP contribution in [0, 0.1) is 0 Å². The molecule has 0 spiro atoms. The Morgan fingerprint density at radius 1 is 1.58 bits per heavy atom. The predicted molar refractivity (Wildman–Crippen MR) is 49.0 cm³/mol. The van der Waals surface area contributed by atoms with Crippen molar-refractivity contribution in [3.63, 3.8) is 0 Å². The number of hydrogen-bond acceptors (Lipinski definition) is 4. The molecule has 0 radical (unpaired) electrons. The van der Waals surface area contributed by atoms with Crippen molar-refractivity contribution >= 4 is 21.9 Å². The number of nitrogens with one attached hydrogen (secondary N) is 1. The summed E-state index contributed by atoms with van der Waals surface area (Å²) in [5.41, 5.74) is 2.55. The van der Waals surface area contributed by atoms with Crippen LogP contribution in [0.15, 0.2) is 0 Å². The van der Waals surface area contributed by atoms with Gasteiger partial charge >= 0.3 is 5.97 Å². The lowest BCUT2D eigenvalue weighted by Crippen LogP contribution is -2.31. The number of halogens is 1. The molecule has 5 heteroatoms. The number of alkyl halides is 1. The molecular weight excluding hydrogens is 226 g/mol. The van der Waals surface area contributed by atoms with Crippen molar-refractivity contribution in [1.82, 2.24) is 5.48 Å². The van der Waals surface area contributed by atoms with E-state index in [4.69, 9.17) is 4.74 Å². The number of hydrogen-bond donors (Lipinski definition) is 1. The van der Waals surface area contributed by atoms with Crippen LogP contribution >= 0.6 is 15.9 Å². The number of ether oxygens (including phenoxy) is 1. The zero-order valence-corrected chi connectivity index (χ0v) is 9.05. The van der Waals surface area contributed by atoms with Crippen molar-refractivity contribution in [2.45, 2.75) is 24.8 Å². The van der Waals surface area contributed by atoms with Crippen molar-refractivity contribution in [1.29, 1.82) is 0 Å². The Kier molecular flexibility index (Phi) is 6.32. The highest BCUT2D eigenvalue weighted by atomic mass is 79.9. The molecular formula is C7H14BrNO3. The molecule has 0 heterocycles. The van der Waals surface area contributed by atoms with Gasteiger partial charge in [-0.2, -0.15) is 0 Å². The van der Waals surface area contributed by atoms with Crippen LogP contribution in [0.5, 0.6) is 0 Å². The predicted octanol–water partition coefficient (Wildman–Crippen LogP) is 0.853. The summed E-state index contributed by atoms with van der Waals surface area (Å²) in [6, 6.07) is 0. The van der Waals surface area contributed by atoms with Crippen LogP contribution < -0.4 is 5.48 Å². The third-order valence-electron chi connectivity index (χ3n) is 1.01. The molecule has 12 heavy (non-hydrogen) atoms. The Morgan fingerprint density at radius 3 is 2.58 bits per heavy atom. The summed E-state index contributed by atoms with van der Waals surface area (Å²) in [6.45, 7) is 4.00. The number of carbonyl (C=O) groups is 1. The summed E-state index contributed by atoms with van der Waals surface area (Å²) in [7, 11) is 1.49. The lowest BCUT2D eigenvalue weighted by Gasteiger charge is -2.12. The minimum absolute atomic E-state index is 0.0832. The normalized spacial score (nSPS) is 13.1. The van der Waals surface area contributed by atoms with E-state index < -0.39 is 0 Å². The first kappa shape index (κ1) is 11.9. The smallest absolute Gasteiger partial charge is 0.321 e. The maximum atomic E-state index is 11.1. The molecule has 4 nitrogen and oxygen atoms in total. The van der Waals surface area contributed by atoms with E-state index in [0.29, 0.717) is 6.54 Å². The average Bonchev–Trinajstić information content (AvgIpc) is 1.98. The van der Waals surface area contributed by atoms with Gasteiger partial charge in [-0.25, -0.2) is 5.48 Å². The highest BCUT2D eigenvalue weighted by Crippen LogP contribution is 2.02. The van der Waals surface area contributed by atoms with Crippen LogP contribution in [-0.2, 0) is 14.4 Å². The molecule has 0 aromatic carbocycles. The maximum absolute atomic E-state index is 11.1. The van der Waals surface area contributed by atoms with Crippen LogP contribution in [0.2, 0.25) is 0 Å². The average molecular weight is 240 g/mol. The van der Waals surface area contributed by atoms with Gasteiger partial charge in [-0.3, -0.25) is 4.79 Å². The molecule has 0 aliphatic carbocycles. The molecule has 0 saturated heterocycles. The second-order valence-corrected chi connectivity index (χ2v) is 3.61.